The van der Waals surface area contributed by atoms with Crippen LogP contribution in [-0.2, 0) is 11.8 Å². The quantitative estimate of drug-likeness (QED) is 0.859. The summed E-state index contributed by atoms with van der Waals surface area (Å²) >= 11 is 0. The van der Waals surface area contributed by atoms with Crippen molar-refractivity contribution >= 4 is 0 Å². The normalized spacial score (nSPS) is 24.0. The fourth-order valence-electron chi connectivity index (χ4n) is 2.52. The zero-order chi connectivity index (χ0) is 13.9. The molecular weight excluding hydrogens is 238 g/mol. The Hall–Kier alpha value is -0.870. The lowest BCUT2D eigenvalue weighted by Gasteiger charge is -2.25. The van der Waals surface area contributed by atoms with E-state index in [-0.39, 0.29) is 6.10 Å². The molecule has 0 radical (unpaired) electrons. The van der Waals surface area contributed by atoms with Gasteiger partial charge >= 0.3 is 0 Å². The van der Waals surface area contributed by atoms with E-state index in [1.165, 1.54) is 12.0 Å². The first kappa shape index (κ1) is 14.5. The summed E-state index contributed by atoms with van der Waals surface area (Å²) in [5, 5.41) is 7.86. The molecule has 1 N–H and O–H groups in total. The second-order valence-corrected chi connectivity index (χ2v) is 6.44. The van der Waals surface area contributed by atoms with Crippen LogP contribution in [0.3, 0.4) is 0 Å². The molecule has 0 amide bonds. The van der Waals surface area contributed by atoms with Crippen LogP contribution in [0.2, 0.25) is 0 Å². The van der Waals surface area contributed by atoms with Gasteiger partial charge in [0.25, 0.3) is 0 Å². The molecule has 0 unspecified atom stereocenters. The van der Waals surface area contributed by atoms with Gasteiger partial charge in [-0.2, -0.15) is 5.10 Å². The minimum absolute atomic E-state index is 0.214. The van der Waals surface area contributed by atoms with E-state index in [0.29, 0.717) is 11.3 Å². The first-order valence-corrected chi connectivity index (χ1v) is 7.33. The highest BCUT2D eigenvalue weighted by Gasteiger charge is 2.30. The summed E-state index contributed by atoms with van der Waals surface area (Å²) in [6.45, 7) is 9.83. The molecule has 19 heavy (non-hydrogen) atoms. The van der Waals surface area contributed by atoms with Crippen LogP contribution >= 0.6 is 0 Å². The zero-order valence-corrected chi connectivity index (χ0v) is 12.6. The molecule has 4 heteroatoms. The summed E-state index contributed by atoms with van der Waals surface area (Å²) in [7, 11) is 1.95. The van der Waals surface area contributed by atoms with Gasteiger partial charge in [-0.3, -0.25) is 4.68 Å². The number of nitrogens with zero attached hydrogens (tertiary/aromatic N) is 2. The number of aromatic nitrogens is 2. The third-order valence-corrected chi connectivity index (χ3v) is 4.23. The molecule has 2 atom stereocenters. The van der Waals surface area contributed by atoms with Crippen molar-refractivity contribution in [3.8, 4) is 0 Å². The lowest BCUT2D eigenvalue weighted by atomic mass is 9.90. The van der Waals surface area contributed by atoms with Gasteiger partial charge in [-0.25, -0.2) is 0 Å². The molecule has 108 valence electrons. The van der Waals surface area contributed by atoms with Gasteiger partial charge in [0.2, 0.25) is 0 Å². The van der Waals surface area contributed by atoms with Crippen LogP contribution in [0, 0.1) is 11.3 Å². The molecule has 1 aromatic rings. The second-order valence-electron chi connectivity index (χ2n) is 6.44. The van der Waals surface area contributed by atoms with Crippen LogP contribution in [-0.4, -0.2) is 29.5 Å². The van der Waals surface area contributed by atoms with Gasteiger partial charge < -0.3 is 10.1 Å². The summed E-state index contributed by atoms with van der Waals surface area (Å²) in [5.41, 5.74) is 1.59. The van der Waals surface area contributed by atoms with E-state index in [1.807, 2.05) is 17.9 Å². The van der Waals surface area contributed by atoms with E-state index in [2.05, 4.69) is 37.4 Å². The van der Waals surface area contributed by atoms with Crippen molar-refractivity contribution in [3.63, 3.8) is 0 Å². The van der Waals surface area contributed by atoms with Crippen molar-refractivity contribution in [3.05, 3.63) is 18.0 Å². The van der Waals surface area contributed by atoms with Crippen LogP contribution in [0.25, 0.3) is 0 Å². The van der Waals surface area contributed by atoms with Crippen molar-refractivity contribution in [1.29, 1.82) is 0 Å². The van der Waals surface area contributed by atoms with Crippen LogP contribution in [0.15, 0.2) is 12.4 Å². The van der Waals surface area contributed by atoms with Gasteiger partial charge in [0.05, 0.1) is 12.3 Å². The van der Waals surface area contributed by atoms with E-state index >= 15 is 0 Å². The van der Waals surface area contributed by atoms with Gasteiger partial charge in [-0.1, -0.05) is 20.8 Å². The molecule has 0 aromatic carbocycles. The summed E-state index contributed by atoms with van der Waals surface area (Å²) in [5.74, 6) is 0.567. The Morgan fingerprint density at radius 3 is 2.95 bits per heavy atom. The number of hydrogen-bond acceptors (Lipinski definition) is 3. The molecule has 1 aromatic heterocycles. The molecule has 0 aliphatic carbocycles. The minimum Gasteiger partial charge on any atom is -0.373 e. The Bertz CT molecular complexity index is 400. The maximum Gasteiger partial charge on any atom is 0.0896 e. The summed E-state index contributed by atoms with van der Waals surface area (Å²) < 4.78 is 7.73. The van der Waals surface area contributed by atoms with E-state index < -0.39 is 0 Å². The maximum atomic E-state index is 5.88. The van der Waals surface area contributed by atoms with Gasteiger partial charge in [0.1, 0.15) is 0 Å². The third-order valence-electron chi connectivity index (χ3n) is 4.23. The SMILES string of the molecule is CCC(C)(C)CNC[C@H]1CCO[C@@H]1c1cnn(C)c1. The van der Waals surface area contributed by atoms with Crippen LogP contribution < -0.4 is 5.32 Å². The molecule has 1 fully saturated rings. The molecule has 2 heterocycles. The van der Waals surface area contributed by atoms with E-state index in [0.717, 1.165) is 26.1 Å². The number of rotatable bonds is 6. The second kappa shape index (κ2) is 6.06. The fraction of sp³-hybridized carbons (Fsp3) is 0.800. The Morgan fingerprint density at radius 1 is 1.53 bits per heavy atom. The average molecular weight is 265 g/mol. The Balaban J connectivity index is 1.86. The van der Waals surface area contributed by atoms with Gasteiger partial charge in [-0.15, -0.1) is 0 Å². The van der Waals surface area contributed by atoms with Crippen molar-refractivity contribution in [1.82, 2.24) is 15.1 Å². The molecular formula is C15H27N3O. The number of hydrogen-bond donors (Lipinski definition) is 1. The Labute approximate surface area is 116 Å². The summed E-state index contributed by atoms with van der Waals surface area (Å²) in [6, 6.07) is 0. The van der Waals surface area contributed by atoms with Gasteiger partial charge in [0.15, 0.2) is 0 Å². The van der Waals surface area contributed by atoms with Crippen molar-refractivity contribution in [2.75, 3.05) is 19.7 Å². The average Bonchev–Trinajstić information content (AvgIpc) is 2.97. The predicted molar refractivity (Wildman–Crippen MR) is 76.9 cm³/mol. The standard InChI is InChI=1S/C15H27N3O/c1-5-15(2,3)11-16-8-12-6-7-19-14(12)13-9-17-18(4)10-13/h9-10,12,14,16H,5-8,11H2,1-4H3/t12-,14+/m1/s1. The van der Waals surface area contributed by atoms with Crippen molar-refractivity contribution in [2.24, 2.45) is 18.4 Å². The fourth-order valence-corrected chi connectivity index (χ4v) is 2.52. The summed E-state index contributed by atoms with van der Waals surface area (Å²) in [4.78, 5) is 0. The Kier molecular flexibility index (Phi) is 4.63. The largest absolute Gasteiger partial charge is 0.373 e. The Morgan fingerprint density at radius 2 is 2.32 bits per heavy atom. The molecule has 1 aliphatic rings. The van der Waals surface area contributed by atoms with Crippen LogP contribution in [0.4, 0.5) is 0 Å². The molecule has 0 saturated carbocycles. The summed E-state index contributed by atoms with van der Waals surface area (Å²) in [6.07, 6.45) is 6.55. The highest BCUT2D eigenvalue weighted by atomic mass is 16.5. The highest BCUT2D eigenvalue weighted by Crippen LogP contribution is 2.33. The monoisotopic (exact) mass is 265 g/mol. The highest BCUT2D eigenvalue weighted by molar-refractivity contribution is 5.11. The van der Waals surface area contributed by atoms with E-state index in [4.69, 9.17) is 4.74 Å². The van der Waals surface area contributed by atoms with Crippen molar-refractivity contribution in [2.45, 2.75) is 39.7 Å². The third kappa shape index (κ3) is 3.80. The van der Waals surface area contributed by atoms with Gasteiger partial charge in [-0.05, 0) is 18.3 Å². The number of aryl methyl sites for hydroxylation is 1. The molecule has 0 spiro atoms. The van der Waals surface area contributed by atoms with Gasteiger partial charge in [0, 0.05) is 44.4 Å². The molecule has 1 saturated heterocycles. The maximum absolute atomic E-state index is 5.88. The molecule has 2 rings (SSSR count). The van der Waals surface area contributed by atoms with Crippen LogP contribution in [0.5, 0.6) is 0 Å². The zero-order valence-electron chi connectivity index (χ0n) is 12.6. The lowest BCUT2D eigenvalue weighted by molar-refractivity contribution is 0.0897. The topological polar surface area (TPSA) is 39.1 Å². The van der Waals surface area contributed by atoms with Crippen LogP contribution in [0.1, 0.15) is 45.3 Å². The minimum atomic E-state index is 0.214. The smallest absolute Gasteiger partial charge is 0.0896 e. The molecule has 1 aliphatic heterocycles. The number of nitrogens with one attached hydrogen (secondary N) is 1. The van der Waals surface area contributed by atoms with E-state index in [1.54, 1.807) is 0 Å². The number of ether oxygens (including phenoxy) is 1. The molecule has 0 bridgehead atoms. The van der Waals surface area contributed by atoms with Crippen molar-refractivity contribution < 1.29 is 4.74 Å². The first-order valence-electron chi connectivity index (χ1n) is 7.33. The molecule has 4 nitrogen and oxygen atoms in total. The predicted octanol–water partition coefficient (Wildman–Crippen LogP) is 2.52. The van der Waals surface area contributed by atoms with E-state index in [9.17, 15) is 0 Å². The first-order chi connectivity index (χ1) is 9.02. The lowest BCUT2D eigenvalue weighted by Crippen LogP contribution is -2.33.